The molecule has 9 heteroatoms. The molecule has 0 saturated heterocycles. The van der Waals surface area contributed by atoms with Gasteiger partial charge >= 0.3 is 6.18 Å². The van der Waals surface area contributed by atoms with Gasteiger partial charge in [-0.3, -0.25) is 0 Å². The van der Waals surface area contributed by atoms with Gasteiger partial charge in [0.15, 0.2) is 11.3 Å². The zero-order valence-electron chi connectivity index (χ0n) is 12.8. The predicted molar refractivity (Wildman–Crippen MR) is 88.3 cm³/mol. The van der Waals surface area contributed by atoms with Crippen LogP contribution in [0.1, 0.15) is 5.69 Å². The van der Waals surface area contributed by atoms with Gasteiger partial charge < -0.3 is 4.42 Å². The highest BCUT2D eigenvalue weighted by Gasteiger charge is 2.37. The van der Waals surface area contributed by atoms with Gasteiger partial charge in [-0.2, -0.15) is 13.2 Å². The minimum atomic E-state index is -4.70. The topological polar surface area (TPSA) is 64.7 Å². The fraction of sp³-hybridized carbons (Fsp3) is 0.0588. The number of aromatic nitrogens is 4. The normalized spacial score (nSPS) is 11.8. The maximum absolute atomic E-state index is 13.4. The standard InChI is InChI=1S/C17H8ClF3N4O/c18-11-5-3-9(4-6-11)15-24-25-16(26-15)12-8-10-2-1-7-22-14(10)23-13(12)17(19,20)21/h1-8H. The summed E-state index contributed by atoms with van der Waals surface area (Å²) in [4.78, 5) is 7.50. The van der Waals surface area contributed by atoms with Gasteiger partial charge in [0.2, 0.25) is 11.8 Å². The maximum Gasteiger partial charge on any atom is 0.434 e. The van der Waals surface area contributed by atoms with Crippen LogP contribution in [0.3, 0.4) is 0 Å². The van der Waals surface area contributed by atoms with Gasteiger partial charge in [0.05, 0.1) is 5.56 Å². The Morgan fingerprint density at radius 3 is 2.42 bits per heavy atom. The Bertz CT molecular complexity index is 1090. The Kier molecular flexibility index (Phi) is 3.84. The summed E-state index contributed by atoms with van der Waals surface area (Å²) in [6.07, 6.45) is -3.32. The van der Waals surface area contributed by atoms with E-state index in [1.54, 1.807) is 36.4 Å². The third-order valence-corrected chi connectivity index (χ3v) is 3.86. The Morgan fingerprint density at radius 2 is 1.69 bits per heavy atom. The number of hydrogen-bond acceptors (Lipinski definition) is 5. The molecular weight excluding hydrogens is 369 g/mol. The second-order valence-electron chi connectivity index (χ2n) is 5.35. The van der Waals surface area contributed by atoms with E-state index in [9.17, 15) is 13.2 Å². The van der Waals surface area contributed by atoms with Gasteiger partial charge in [-0.1, -0.05) is 11.6 Å². The van der Waals surface area contributed by atoms with Crippen molar-refractivity contribution >= 4 is 22.6 Å². The van der Waals surface area contributed by atoms with Gasteiger partial charge in [0.1, 0.15) is 0 Å². The molecule has 0 aliphatic carbocycles. The molecule has 0 saturated carbocycles. The molecule has 0 unspecified atom stereocenters. The largest absolute Gasteiger partial charge is 0.434 e. The van der Waals surface area contributed by atoms with Crippen LogP contribution in [0.2, 0.25) is 5.02 Å². The Morgan fingerprint density at radius 1 is 0.962 bits per heavy atom. The van der Waals surface area contributed by atoms with Crippen molar-refractivity contribution in [2.75, 3.05) is 0 Å². The van der Waals surface area contributed by atoms with Gasteiger partial charge in [-0.15, -0.1) is 10.2 Å². The zero-order chi connectivity index (χ0) is 18.3. The van der Waals surface area contributed by atoms with Crippen molar-refractivity contribution in [2.24, 2.45) is 0 Å². The van der Waals surface area contributed by atoms with E-state index in [2.05, 4.69) is 20.2 Å². The average molecular weight is 377 g/mol. The summed E-state index contributed by atoms with van der Waals surface area (Å²) in [5.41, 5.74) is -0.904. The second kappa shape index (κ2) is 6.06. The quantitative estimate of drug-likeness (QED) is 0.491. The van der Waals surface area contributed by atoms with E-state index in [0.29, 0.717) is 16.0 Å². The number of fused-ring (bicyclic) bond motifs is 1. The van der Waals surface area contributed by atoms with Crippen LogP contribution in [0.4, 0.5) is 13.2 Å². The lowest BCUT2D eigenvalue weighted by atomic mass is 10.1. The first-order valence-electron chi connectivity index (χ1n) is 7.34. The molecule has 0 fully saturated rings. The van der Waals surface area contributed by atoms with Gasteiger partial charge in [0, 0.05) is 22.2 Å². The van der Waals surface area contributed by atoms with E-state index >= 15 is 0 Å². The summed E-state index contributed by atoms with van der Waals surface area (Å²) in [5.74, 6) is -0.198. The number of halogens is 4. The molecule has 4 rings (SSSR count). The number of benzene rings is 1. The molecule has 0 spiro atoms. The molecule has 5 nitrogen and oxygen atoms in total. The molecule has 0 atom stereocenters. The number of pyridine rings is 2. The molecule has 0 bridgehead atoms. The third-order valence-electron chi connectivity index (χ3n) is 3.60. The van der Waals surface area contributed by atoms with Gasteiger partial charge in [-0.05, 0) is 42.5 Å². The van der Waals surface area contributed by atoms with Crippen molar-refractivity contribution in [3.63, 3.8) is 0 Å². The summed E-state index contributed by atoms with van der Waals surface area (Å²) in [6.45, 7) is 0. The SMILES string of the molecule is FC(F)(F)c1nc2ncccc2cc1-c1nnc(-c2ccc(Cl)cc2)o1. The van der Waals surface area contributed by atoms with Crippen LogP contribution in [0.5, 0.6) is 0 Å². The number of alkyl halides is 3. The molecule has 0 N–H and O–H groups in total. The fourth-order valence-electron chi connectivity index (χ4n) is 2.43. The molecule has 0 aliphatic rings. The van der Waals surface area contributed by atoms with Crippen LogP contribution in [-0.4, -0.2) is 20.2 Å². The molecule has 1 aromatic carbocycles. The molecule has 26 heavy (non-hydrogen) atoms. The maximum atomic E-state index is 13.4. The molecule has 0 radical (unpaired) electrons. The minimum absolute atomic E-state index is 0.0129. The highest BCUT2D eigenvalue weighted by Crippen LogP contribution is 2.37. The van der Waals surface area contributed by atoms with E-state index < -0.39 is 11.9 Å². The third kappa shape index (κ3) is 2.99. The Hall–Kier alpha value is -3.00. The van der Waals surface area contributed by atoms with Crippen LogP contribution in [-0.2, 0) is 6.18 Å². The van der Waals surface area contributed by atoms with Crippen LogP contribution in [0.15, 0.2) is 53.1 Å². The van der Waals surface area contributed by atoms with Crippen LogP contribution in [0, 0.1) is 0 Å². The number of hydrogen-bond donors (Lipinski definition) is 0. The first kappa shape index (κ1) is 16.5. The van der Waals surface area contributed by atoms with Crippen LogP contribution in [0.25, 0.3) is 33.9 Å². The number of rotatable bonds is 2. The van der Waals surface area contributed by atoms with E-state index in [1.807, 2.05) is 0 Å². The summed E-state index contributed by atoms with van der Waals surface area (Å²) >= 11 is 5.82. The first-order valence-corrected chi connectivity index (χ1v) is 7.72. The molecule has 4 aromatic rings. The van der Waals surface area contributed by atoms with Crippen LogP contribution >= 0.6 is 11.6 Å². The molecule has 0 amide bonds. The summed E-state index contributed by atoms with van der Waals surface area (Å²) in [7, 11) is 0. The summed E-state index contributed by atoms with van der Waals surface area (Å²) in [5, 5.41) is 8.53. The molecule has 130 valence electrons. The van der Waals surface area contributed by atoms with E-state index in [1.165, 1.54) is 12.3 Å². The lowest BCUT2D eigenvalue weighted by molar-refractivity contribution is -0.140. The predicted octanol–water partition coefficient (Wildman–Crippen LogP) is 5.02. The molecule has 0 aliphatic heterocycles. The molecular formula is C17H8ClF3N4O. The van der Waals surface area contributed by atoms with Crippen molar-refractivity contribution in [3.05, 3.63) is 59.4 Å². The highest BCUT2D eigenvalue weighted by atomic mass is 35.5. The first-order chi connectivity index (χ1) is 12.4. The zero-order valence-corrected chi connectivity index (χ0v) is 13.6. The van der Waals surface area contributed by atoms with Gasteiger partial charge in [0.25, 0.3) is 0 Å². The Labute approximate surface area is 149 Å². The smallest absolute Gasteiger partial charge is 0.416 e. The second-order valence-corrected chi connectivity index (χ2v) is 5.79. The highest BCUT2D eigenvalue weighted by molar-refractivity contribution is 6.30. The summed E-state index contributed by atoms with van der Waals surface area (Å²) in [6, 6.07) is 11.0. The summed E-state index contributed by atoms with van der Waals surface area (Å²) < 4.78 is 45.8. The van der Waals surface area contributed by atoms with Crippen molar-refractivity contribution < 1.29 is 17.6 Å². The average Bonchev–Trinajstić information content (AvgIpc) is 3.10. The van der Waals surface area contributed by atoms with Crippen molar-refractivity contribution in [2.45, 2.75) is 6.18 Å². The van der Waals surface area contributed by atoms with Gasteiger partial charge in [-0.25, -0.2) is 9.97 Å². The lowest BCUT2D eigenvalue weighted by Gasteiger charge is -2.10. The van der Waals surface area contributed by atoms with Crippen molar-refractivity contribution in [3.8, 4) is 22.9 Å². The van der Waals surface area contributed by atoms with Crippen molar-refractivity contribution in [1.29, 1.82) is 0 Å². The van der Waals surface area contributed by atoms with E-state index in [4.69, 9.17) is 16.0 Å². The van der Waals surface area contributed by atoms with Crippen molar-refractivity contribution in [1.82, 2.24) is 20.2 Å². The monoisotopic (exact) mass is 376 g/mol. The lowest BCUT2D eigenvalue weighted by Crippen LogP contribution is -2.11. The van der Waals surface area contributed by atoms with E-state index in [-0.39, 0.29) is 23.0 Å². The Balaban J connectivity index is 1.87. The molecule has 3 heterocycles. The minimum Gasteiger partial charge on any atom is -0.416 e. The fourth-order valence-corrected chi connectivity index (χ4v) is 2.55. The number of nitrogens with zero attached hydrogens (tertiary/aromatic N) is 4. The molecule has 3 aromatic heterocycles. The van der Waals surface area contributed by atoms with Crippen LogP contribution < -0.4 is 0 Å². The van der Waals surface area contributed by atoms with E-state index in [0.717, 1.165) is 0 Å².